The number of carboxylic acid groups (broad SMARTS) is 1. The molecule has 5 nitrogen and oxygen atoms in total. The molecule has 1 rings (SSSR count). The predicted octanol–water partition coefficient (Wildman–Crippen LogP) is 1.72. The Morgan fingerprint density at radius 2 is 2.00 bits per heavy atom. The van der Waals surface area contributed by atoms with Crippen molar-refractivity contribution in [1.82, 2.24) is 0 Å². The Bertz CT molecular complexity index is 386. The van der Waals surface area contributed by atoms with Crippen molar-refractivity contribution in [2.75, 3.05) is 18.5 Å². The van der Waals surface area contributed by atoms with Crippen LogP contribution in [0.15, 0.2) is 24.3 Å². The lowest BCUT2D eigenvalue weighted by atomic mass is 10.1. The van der Waals surface area contributed by atoms with Gasteiger partial charge in [0, 0.05) is 5.69 Å². The maximum Gasteiger partial charge on any atom is 0.337 e. The summed E-state index contributed by atoms with van der Waals surface area (Å²) in [5.74, 6) is -0.481. The monoisotopic (exact) mass is 253 g/mol. The molecule has 0 amide bonds. The molecule has 0 saturated heterocycles. The van der Waals surface area contributed by atoms with E-state index in [9.17, 15) is 9.90 Å². The first-order valence-electron chi connectivity index (χ1n) is 5.88. The summed E-state index contributed by atoms with van der Waals surface area (Å²) in [6.45, 7) is 3.89. The van der Waals surface area contributed by atoms with Crippen LogP contribution >= 0.6 is 0 Å². The minimum absolute atomic E-state index is 0.0580. The lowest BCUT2D eigenvalue weighted by Gasteiger charge is -2.19. The molecule has 1 aromatic rings. The quantitative estimate of drug-likeness (QED) is 0.689. The van der Waals surface area contributed by atoms with E-state index in [1.165, 1.54) is 6.92 Å². The molecule has 0 aliphatic carbocycles. The number of rotatable bonds is 7. The van der Waals surface area contributed by atoms with Crippen LogP contribution in [0.25, 0.3) is 0 Å². The zero-order valence-corrected chi connectivity index (χ0v) is 10.6. The highest BCUT2D eigenvalue weighted by Crippen LogP contribution is 2.16. The highest BCUT2D eigenvalue weighted by molar-refractivity contribution is 5.77. The highest BCUT2D eigenvalue weighted by Gasteiger charge is 2.29. The summed E-state index contributed by atoms with van der Waals surface area (Å²) in [6.07, 6.45) is 0.946. The molecule has 1 atom stereocenters. The normalized spacial score (nSPS) is 13.7. The number of carboxylic acids is 1. The number of nitrogens with one attached hydrogen (secondary N) is 1. The van der Waals surface area contributed by atoms with E-state index in [0.717, 1.165) is 17.9 Å². The van der Waals surface area contributed by atoms with E-state index in [1.54, 1.807) is 24.3 Å². The van der Waals surface area contributed by atoms with E-state index in [0.29, 0.717) is 6.61 Å². The van der Waals surface area contributed by atoms with Gasteiger partial charge < -0.3 is 20.3 Å². The van der Waals surface area contributed by atoms with Crippen LogP contribution in [0, 0.1) is 0 Å². The third-order valence-corrected chi connectivity index (χ3v) is 2.42. The molecule has 3 N–H and O–H groups in total. The van der Waals surface area contributed by atoms with Crippen LogP contribution in [0.4, 0.5) is 5.69 Å². The molecule has 0 radical (unpaired) electrons. The van der Waals surface area contributed by atoms with Gasteiger partial charge in [0.05, 0.1) is 13.2 Å². The molecule has 0 spiro atoms. The molecule has 0 bridgehead atoms. The number of anilines is 1. The molecule has 0 aromatic heterocycles. The van der Waals surface area contributed by atoms with Crippen molar-refractivity contribution < 1.29 is 19.7 Å². The molecular weight excluding hydrogens is 234 g/mol. The molecule has 0 saturated carbocycles. The zero-order valence-electron chi connectivity index (χ0n) is 10.6. The van der Waals surface area contributed by atoms with Gasteiger partial charge in [0.1, 0.15) is 5.75 Å². The average molecular weight is 253 g/mol. The summed E-state index contributed by atoms with van der Waals surface area (Å²) < 4.78 is 5.42. The second-order valence-electron chi connectivity index (χ2n) is 4.31. The van der Waals surface area contributed by atoms with Crippen molar-refractivity contribution in [3.05, 3.63) is 24.3 Å². The van der Waals surface area contributed by atoms with Crippen LogP contribution in [0.3, 0.4) is 0 Å². The van der Waals surface area contributed by atoms with E-state index in [2.05, 4.69) is 5.32 Å². The van der Waals surface area contributed by atoms with Crippen LogP contribution in [0.2, 0.25) is 0 Å². The van der Waals surface area contributed by atoms with Gasteiger partial charge in [0.15, 0.2) is 5.60 Å². The summed E-state index contributed by atoms with van der Waals surface area (Å²) in [4.78, 5) is 10.7. The standard InChI is InChI=1S/C13H19NO4/c1-3-8-18-11-6-4-10(5-7-11)14-9-13(2,17)12(15)16/h4-7,14,17H,3,8-9H2,1-2H3,(H,15,16). The summed E-state index contributed by atoms with van der Waals surface area (Å²) >= 11 is 0. The summed E-state index contributed by atoms with van der Waals surface area (Å²) in [6, 6.07) is 7.16. The lowest BCUT2D eigenvalue weighted by molar-refractivity contribution is -0.155. The first-order valence-corrected chi connectivity index (χ1v) is 5.88. The Hall–Kier alpha value is -1.75. The first-order chi connectivity index (χ1) is 8.45. The van der Waals surface area contributed by atoms with Gasteiger partial charge in [0.2, 0.25) is 0 Å². The van der Waals surface area contributed by atoms with Crippen LogP contribution in [-0.4, -0.2) is 34.9 Å². The summed E-state index contributed by atoms with van der Waals surface area (Å²) in [7, 11) is 0. The predicted molar refractivity (Wildman–Crippen MR) is 69.0 cm³/mol. The number of benzene rings is 1. The average Bonchev–Trinajstić information content (AvgIpc) is 2.35. The van der Waals surface area contributed by atoms with Gasteiger partial charge in [-0.2, -0.15) is 0 Å². The van der Waals surface area contributed by atoms with Crippen molar-refractivity contribution in [2.24, 2.45) is 0 Å². The number of ether oxygens (including phenoxy) is 1. The lowest BCUT2D eigenvalue weighted by Crippen LogP contribution is -2.41. The molecule has 0 heterocycles. The topological polar surface area (TPSA) is 78.8 Å². The highest BCUT2D eigenvalue weighted by atomic mass is 16.5. The molecular formula is C13H19NO4. The fraction of sp³-hybridized carbons (Fsp3) is 0.462. The zero-order chi connectivity index (χ0) is 13.6. The van der Waals surface area contributed by atoms with E-state index in [-0.39, 0.29) is 6.54 Å². The van der Waals surface area contributed by atoms with Crippen LogP contribution in [0.5, 0.6) is 5.75 Å². The smallest absolute Gasteiger partial charge is 0.337 e. The minimum atomic E-state index is -1.78. The number of carbonyl (C=O) groups is 1. The molecule has 18 heavy (non-hydrogen) atoms. The summed E-state index contributed by atoms with van der Waals surface area (Å²) in [5.41, 5.74) is -1.04. The maximum absolute atomic E-state index is 10.7. The van der Waals surface area contributed by atoms with Crippen molar-refractivity contribution in [3.63, 3.8) is 0 Å². The number of aliphatic hydroxyl groups is 1. The summed E-state index contributed by atoms with van der Waals surface area (Å²) in [5, 5.41) is 21.2. The van der Waals surface area contributed by atoms with E-state index in [1.807, 2.05) is 6.92 Å². The van der Waals surface area contributed by atoms with E-state index in [4.69, 9.17) is 9.84 Å². The van der Waals surface area contributed by atoms with Crippen molar-refractivity contribution >= 4 is 11.7 Å². The molecule has 1 aromatic carbocycles. The first kappa shape index (κ1) is 14.3. The van der Waals surface area contributed by atoms with E-state index >= 15 is 0 Å². The SMILES string of the molecule is CCCOc1ccc(NCC(C)(O)C(=O)O)cc1. The molecule has 0 fully saturated rings. The Morgan fingerprint density at radius 3 is 2.50 bits per heavy atom. The fourth-order valence-electron chi connectivity index (χ4n) is 1.24. The third-order valence-electron chi connectivity index (χ3n) is 2.42. The van der Waals surface area contributed by atoms with Crippen molar-refractivity contribution in [2.45, 2.75) is 25.9 Å². The van der Waals surface area contributed by atoms with Gasteiger partial charge in [-0.05, 0) is 37.6 Å². The van der Waals surface area contributed by atoms with Crippen molar-refractivity contribution in [1.29, 1.82) is 0 Å². The fourth-order valence-corrected chi connectivity index (χ4v) is 1.24. The Labute approximate surface area is 106 Å². The number of aliphatic carboxylic acids is 1. The van der Waals surface area contributed by atoms with Gasteiger partial charge in [-0.15, -0.1) is 0 Å². The molecule has 0 aliphatic rings. The third kappa shape index (κ3) is 4.25. The van der Waals surface area contributed by atoms with Gasteiger partial charge >= 0.3 is 5.97 Å². The van der Waals surface area contributed by atoms with Gasteiger partial charge in [-0.1, -0.05) is 6.92 Å². The van der Waals surface area contributed by atoms with Gasteiger partial charge in [-0.3, -0.25) is 0 Å². The Kier molecular flexibility index (Phi) is 4.97. The molecule has 5 heteroatoms. The van der Waals surface area contributed by atoms with Crippen LogP contribution in [0.1, 0.15) is 20.3 Å². The second-order valence-corrected chi connectivity index (χ2v) is 4.31. The van der Waals surface area contributed by atoms with Gasteiger partial charge in [0.25, 0.3) is 0 Å². The maximum atomic E-state index is 10.7. The number of hydrogen-bond acceptors (Lipinski definition) is 4. The molecule has 100 valence electrons. The van der Waals surface area contributed by atoms with Crippen LogP contribution < -0.4 is 10.1 Å². The van der Waals surface area contributed by atoms with Crippen molar-refractivity contribution in [3.8, 4) is 5.75 Å². The molecule has 1 unspecified atom stereocenters. The Balaban J connectivity index is 2.51. The largest absolute Gasteiger partial charge is 0.494 e. The van der Waals surface area contributed by atoms with E-state index < -0.39 is 11.6 Å². The second kappa shape index (κ2) is 6.26. The molecule has 0 aliphatic heterocycles. The van der Waals surface area contributed by atoms with Crippen LogP contribution in [-0.2, 0) is 4.79 Å². The minimum Gasteiger partial charge on any atom is -0.494 e. The van der Waals surface area contributed by atoms with Gasteiger partial charge in [-0.25, -0.2) is 4.79 Å². The number of hydrogen-bond donors (Lipinski definition) is 3. The Morgan fingerprint density at radius 1 is 1.39 bits per heavy atom.